The zero-order valence-electron chi connectivity index (χ0n) is 23.1. The molecule has 0 saturated heterocycles. The summed E-state index contributed by atoms with van der Waals surface area (Å²) in [6.07, 6.45) is -1.39. The maximum Gasteiger partial charge on any atom is 0.188 e. The highest BCUT2D eigenvalue weighted by molar-refractivity contribution is 6.38. The number of hydrogen-bond acceptors (Lipinski definition) is 9. The molecular formula is C29H34Cl2O9. The lowest BCUT2D eigenvalue weighted by atomic mass is 9.93. The minimum absolute atomic E-state index is 0.0164. The lowest BCUT2D eigenvalue weighted by molar-refractivity contribution is 0.0413. The molecule has 40 heavy (non-hydrogen) atoms. The fraction of sp³-hybridized carbons (Fsp3) is 0.379. The second-order valence-electron chi connectivity index (χ2n) is 8.56. The van der Waals surface area contributed by atoms with Gasteiger partial charge in [-0.2, -0.15) is 0 Å². The lowest BCUT2D eigenvalue weighted by Crippen LogP contribution is -2.14. The van der Waals surface area contributed by atoms with Gasteiger partial charge >= 0.3 is 0 Å². The number of methoxy groups -OCH3 is 4. The van der Waals surface area contributed by atoms with E-state index in [1.807, 2.05) is 30.3 Å². The normalized spacial score (nSPS) is 11.8. The predicted octanol–water partition coefficient (Wildman–Crippen LogP) is 6.06. The van der Waals surface area contributed by atoms with Crippen molar-refractivity contribution in [3.8, 4) is 23.0 Å². The van der Waals surface area contributed by atoms with Crippen molar-refractivity contribution < 1.29 is 43.0 Å². The Morgan fingerprint density at radius 1 is 0.750 bits per heavy atom. The van der Waals surface area contributed by atoms with Gasteiger partial charge in [-0.05, 0) is 29.7 Å². The van der Waals surface area contributed by atoms with Gasteiger partial charge in [0.2, 0.25) is 0 Å². The van der Waals surface area contributed by atoms with Gasteiger partial charge in [0.05, 0.1) is 35.9 Å². The van der Waals surface area contributed by atoms with Crippen molar-refractivity contribution in [1.82, 2.24) is 0 Å². The van der Waals surface area contributed by atoms with Gasteiger partial charge in [-0.15, -0.1) is 0 Å². The minimum atomic E-state index is -1.39. The van der Waals surface area contributed by atoms with Crippen LogP contribution in [0.2, 0.25) is 10.0 Å². The van der Waals surface area contributed by atoms with Crippen LogP contribution in [0.15, 0.2) is 42.5 Å². The summed E-state index contributed by atoms with van der Waals surface area (Å²) in [6, 6.07) is 13.1. The van der Waals surface area contributed by atoms with E-state index in [4.69, 9.17) is 61.1 Å². The zero-order valence-corrected chi connectivity index (χ0v) is 24.6. The van der Waals surface area contributed by atoms with E-state index in [-0.39, 0.29) is 54.1 Å². The highest BCUT2D eigenvalue weighted by Crippen LogP contribution is 2.50. The minimum Gasteiger partial charge on any atom is -0.496 e. The SMILES string of the molecule is COCOc1cc(COCc2ccccc2)c(C(O)c2c(OCOC)c(Cl)c(C)c(Cl)c2OCOC)c(OC)c1. The van der Waals surface area contributed by atoms with Crippen LogP contribution in [0.4, 0.5) is 0 Å². The van der Waals surface area contributed by atoms with Crippen LogP contribution < -0.4 is 18.9 Å². The molecule has 0 aliphatic heterocycles. The molecule has 0 aliphatic carbocycles. The number of halogens is 2. The Morgan fingerprint density at radius 3 is 1.88 bits per heavy atom. The molecule has 0 spiro atoms. The summed E-state index contributed by atoms with van der Waals surface area (Å²) in [7, 11) is 5.95. The Hall–Kier alpha value is -2.76. The van der Waals surface area contributed by atoms with E-state index in [2.05, 4.69) is 0 Å². The monoisotopic (exact) mass is 596 g/mol. The Bertz CT molecular complexity index is 1200. The van der Waals surface area contributed by atoms with E-state index in [0.717, 1.165) is 5.56 Å². The van der Waals surface area contributed by atoms with E-state index in [1.165, 1.54) is 28.4 Å². The summed E-state index contributed by atoms with van der Waals surface area (Å²) in [5.74, 6) is 1.06. The topological polar surface area (TPSA) is 94.1 Å². The molecule has 0 aliphatic rings. The predicted molar refractivity (Wildman–Crippen MR) is 151 cm³/mol. The van der Waals surface area contributed by atoms with Gasteiger partial charge in [0.1, 0.15) is 17.6 Å². The van der Waals surface area contributed by atoms with Crippen molar-refractivity contribution in [3.05, 3.63) is 80.3 Å². The molecule has 11 heteroatoms. The van der Waals surface area contributed by atoms with E-state index in [9.17, 15) is 5.11 Å². The van der Waals surface area contributed by atoms with Crippen molar-refractivity contribution in [2.75, 3.05) is 48.8 Å². The molecule has 0 radical (unpaired) electrons. The van der Waals surface area contributed by atoms with Gasteiger partial charge in [-0.1, -0.05) is 53.5 Å². The van der Waals surface area contributed by atoms with Gasteiger partial charge in [0.15, 0.2) is 31.9 Å². The van der Waals surface area contributed by atoms with Crippen LogP contribution in [0.5, 0.6) is 23.0 Å². The first kappa shape index (κ1) is 31.8. The Kier molecular flexibility index (Phi) is 12.6. The Labute approximate surface area is 244 Å². The molecule has 1 unspecified atom stereocenters. The van der Waals surface area contributed by atoms with Crippen molar-refractivity contribution in [3.63, 3.8) is 0 Å². The first-order valence-electron chi connectivity index (χ1n) is 12.2. The average Bonchev–Trinajstić information content (AvgIpc) is 2.97. The highest BCUT2D eigenvalue weighted by Gasteiger charge is 2.32. The number of aliphatic hydroxyl groups is 1. The second-order valence-corrected chi connectivity index (χ2v) is 9.31. The van der Waals surface area contributed by atoms with Gasteiger partial charge in [-0.25, -0.2) is 0 Å². The summed E-state index contributed by atoms with van der Waals surface area (Å²) in [5, 5.41) is 12.4. The lowest BCUT2D eigenvalue weighted by Gasteiger charge is -2.26. The second kappa shape index (κ2) is 15.9. The van der Waals surface area contributed by atoms with Gasteiger partial charge in [0.25, 0.3) is 0 Å². The zero-order chi connectivity index (χ0) is 29.1. The molecule has 0 aromatic heterocycles. The first-order chi connectivity index (χ1) is 19.4. The third-order valence-electron chi connectivity index (χ3n) is 5.87. The third kappa shape index (κ3) is 7.70. The molecule has 0 saturated carbocycles. The molecule has 0 heterocycles. The molecule has 3 aromatic carbocycles. The Morgan fingerprint density at radius 2 is 1.32 bits per heavy atom. The molecule has 1 atom stereocenters. The van der Waals surface area contributed by atoms with Gasteiger partial charge in [0, 0.05) is 33.0 Å². The fourth-order valence-corrected chi connectivity index (χ4v) is 4.56. The number of ether oxygens (including phenoxy) is 8. The van der Waals surface area contributed by atoms with E-state index in [1.54, 1.807) is 19.1 Å². The number of rotatable bonds is 16. The highest BCUT2D eigenvalue weighted by atomic mass is 35.5. The molecule has 9 nitrogen and oxygen atoms in total. The van der Waals surface area contributed by atoms with E-state index in [0.29, 0.717) is 34.8 Å². The van der Waals surface area contributed by atoms with Crippen LogP contribution in [-0.2, 0) is 32.2 Å². The molecule has 0 bridgehead atoms. The van der Waals surface area contributed by atoms with Crippen LogP contribution in [0, 0.1) is 6.92 Å². The summed E-state index contributed by atoms with van der Waals surface area (Å²) in [6.45, 7) is 1.90. The van der Waals surface area contributed by atoms with Crippen LogP contribution in [0.1, 0.15) is 33.9 Å². The summed E-state index contributed by atoms with van der Waals surface area (Å²) >= 11 is 13.3. The smallest absolute Gasteiger partial charge is 0.188 e. The molecule has 1 N–H and O–H groups in total. The van der Waals surface area contributed by atoms with Crippen molar-refractivity contribution >= 4 is 23.2 Å². The number of aliphatic hydroxyl groups excluding tert-OH is 1. The number of benzene rings is 3. The maximum absolute atomic E-state index is 12.0. The van der Waals surface area contributed by atoms with Crippen LogP contribution in [0.25, 0.3) is 0 Å². The summed E-state index contributed by atoms with van der Waals surface area (Å²) in [5.41, 5.74) is 2.62. The van der Waals surface area contributed by atoms with Gasteiger partial charge < -0.3 is 43.0 Å². The molecular weight excluding hydrogens is 563 g/mol. The Balaban J connectivity index is 2.18. The molecule has 218 valence electrons. The maximum atomic E-state index is 12.0. The van der Waals surface area contributed by atoms with Crippen molar-refractivity contribution in [2.45, 2.75) is 26.2 Å². The number of hydrogen-bond donors (Lipinski definition) is 1. The molecule has 0 amide bonds. The first-order valence-corrected chi connectivity index (χ1v) is 13.0. The van der Waals surface area contributed by atoms with E-state index < -0.39 is 6.10 Å². The largest absolute Gasteiger partial charge is 0.496 e. The standard InChI is InChI=1S/C29H34Cl2O9/c1-18-25(30)28(39-16-34-3)24(29(26(18)31)40-17-35-4)27(32)23-20(14-37-13-19-9-7-6-8-10-19)11-21(38-15-33-2)12-22(23)36-5/h6-12,27,32H,13-17H2,1-5H3. The van der Waals surface area contributed by atoms with Crippen molar-refractivity contribution in [1.29, 1.82) is 0 Å². The van der Waals surface area contributed by atoms with Crippen LogP contribution in [0.3, 0.4) is 0 Å². The van der Waals surface area contributed by atoms with Crippen molar-refractivity contribution in [2.24, 2.45) is 0 Å². The average molecular weight is 597 g/mol. The summed E-state index contributed by atoms with van der Waals surface area (Å²) in [4.78, 5) is 0. The van der Waals surface area contributed by atoms with Crippen LogP contribution >= 0.6 is 23.2 Å². The van der Waals surface area contributed by atoms with E-state index >= 15 is 0 Å². The quantitative estimate of drug-likeness (QED) is 0.198. The molecule has 0 fully saturated rings. The molecule has 3 aromatic rings. The fourth-order valence-electron chi connectivity index (χ4n) is 4.01. The van der Waals surface area contributed by atoms with Gasteiger partial charge in [-0.3, -0.25) is 0 Å². The van der Waals surface area contributed by atoms with Crippen LogP contribution in [-0.4, -0.2) is 53.9 Å². The third-order valence-corrected chi connectivity index (χ3v) is 6.78. The molecule has 3 rings (SSSR count). The summed E-state index contributed by atoms with van der Waals surface area (Å²) < 4.78 is 44.4.